The molecule has 0 saturated heterocycles. The standard InChI is InChI=1S/C13H5F6IO3/c14-12(15,16)8-2-1-5-3-7(11(21)22)9(20-23)4-6(5)10(8)13(17,18)19/h1-4H,(H,21,22). The number of carboxylic acids is 1. The van der Waals surface area contributed by atoms with Crippen LogP contribution in [-0.4, -0.2) is 11.1 Å². The van der Waals surface area contributed by atoms with Crippen LogP contribution in [0.3, 0.4) is 0 Å². The van der Waals surface area contributed by atoms with Crippen molar-refractivity contribution >= 4 is 37.9 Å². The fourth-order valence-electron chi connectivity index (χ4n) is 2.12. The van der Waals surface area contributed by atoms with Crippen molar-refractivity contribution in [3.63, 3.8) is 0 Å². The molecule has 0 radical (unpaired) electrons. The summed E-state index contributed by atoms with van der Waals surface area (Å²) in [5, 5.41) is 7.79. The van der Waals surface area contributed by atoms with Gasteiger partial charge in [-0.05, 0) is 29.0 Å². The van der Waals surface area contributed by atoms with Crippen LogP contribution >= 0.6 is 21.2 Å². The van der Waals surface area contributed by atoms with Crippen LogP contribution in [0.1, 0.15) is 21.5 Å². The number of benzene rings is 2. The summed E-state index contributed by atoms with van der Waals surface area (Å²) in [6.07, 6.45) is -10.6. The lowest BCUT2D eigenvalue weighted by Gasteiger charge is -2.18. The van der Waals surface area contributed by atoms with E-state index in [1.54, 1.807) is 0 Å². The number of hydrogen-bond donors (Lipinski definition) is 1. The molecule has 23 heavy (non-hydrogen) atoms. The van der Waals surface area contributed by atoms with Gasteiger partial charge in [0.2, 0.25) is 0 Å². The highest BCUT2D eigenvalue weighted by atomic mass is 127. The number of alkyl halides is 6. The van der Waals surface area contributed by atoms with Gasteiger partial charge in [-0.3, -0.25) is 3.07 Å². The highest BCUT2D eigenvalue weighted by Crippen LogP contribution is 2.44. The number of rotatable bonds is 2. The lowest BCUT2D eigenvalue weighted by atomic mass is 9.96. The van der Waals surface area contributed by atoms with E-state index in [1.807, 2.05) is 0 Å². The van der Waals surface area contributed by atoms with Gasteiger partial charge in [-0.1, -0.05) is 6.07 Å². The Morgan fingerprint density at radius 2 is 1.61 bits per heavy atom. The van der Waals surface area contributed by atoms with Gasteiger partial charge in [-0.25, -0.2) is 4.79 Å². The molecule has 0 spiro atoms. The average molecular weight is 450 g/mol. The van der Waals surface area contributed by atoms with E-state index in [1.165, 1.54) is 0 Å². The minimum absolute atomic E-state index is 0.253. The highest BCUT2D eigenvalue weighted by Gasteiger charge is 2.44. The second kappa shape index (κ2) is 5.73. The van der Waals surface area contributed by atoms with Gasteiger partial charge in [-0.15, -0.1) is 0 Å². The van der Waals surface area contributed by atoms with Crippen molar-refractivity contribution in [2.24, 2.45) is 0 Å². The Morgan fingerprint density at radius 1 is 1.00 bits per heavy atom. The summed E-state index contributed by atoms with van der Waals surface area (Å²) in [5.41, 5.74) is -4.29. The lowest BCUT2D eigenvalue weighted by Crippen LogP contribution is -2.17. The van der Waals surface area contributed by atoms with Crippen molar-refractivity contribution < 1.29 is 39.3 Å². The smallest absolute Gasteiger partial charge is 0.417 e. The van der Waals surface area contributed by atoms with Gasteiger partial charge >= 0.3 is 18.3 Å². The normalized spacial score (nSPS) is 12.6. The molecule has 0 bridgehead atoms. The Hall–Kier alpha value is -1.72. The number of hydrogen-bond acceptors (Lipinski definition) is 2. The van der Waals surface area contributed by atoms with Gasteiger partial charge in [-0.2, -0.15) is 26.3 Å². The summed E-state index contributed by atoms with van der Waals surface area (Å²) in [5.74, 6) is -1.52. The van der Waals surface area contributed by atoms with Gasteiger partial charge in [0.05, 0.1) is 20.3 Å². The van der Waals surface area contributed by atoms with E-state index in [0.717, 1.165) is 12.1 Å². The topological polar surface area (TPSA) is 54.4 Å². The minimum Gasteiger partial charge on any atom is -0.478 e. The summed E-state index contributed by atoms with van der Waals surface area (Å²) in [4.78, 5) is 11.0. The average Bonchev–Trinajstić information content (AvgIpc) is 2.42. The van der Waals surface area contributed by atoms with Crippen LogP contribution in [0.15, 0.2) is 24.3 Å². The molecule has 0 fully saturated rings. The fraction of sp³-hybridized carbons (Fsp3) is 0.154. The minimum atomic E-state index is -5.31. The maximum absolute atomic E-state index is 13.1. The Balaban J connectivity index is 2.99. The molecule has 0 aliphatic rings. The van der Waals surface area contributed by atoms with E-state index in [-0.39, 0.29) is 11.5 Å². The predicted molar refractivity (Wildman–Crippen MR) is 74.3 cm³/mol. The number of carbonyl (C=O) groups is 1. The Labute approximate surface area is 134 Å². The first-order valence-electron chi connectivity index (χ1n) is 5.72. The fourth-order valence-corrected chi connectivity index (χ4v) is 3.18. The van der Waals surface area contributed by atoms with E-state index in [0.29, 0.717) is 6.07 Å². The largest absolute Gasteiger partial charge is 0.478 e. The zero-order valence-corrected chi connectivity index (χ0v) is 12.9. The molecule has 0 atom stereocenters. The van der Waals surface area contributed by atoms with Crippen molar-refractivity contribution in [1.82, 2.24) is 0 Å². The van der Waals surface area contributed by atoms with Crippen LogP contribution in [0.4, 0.5) is 26.3 Å². The first kappa shape index (κ1) is 17.6. The van der Waals surface area contributed by atoms with Gasteiger partial charge in [0, 0.05) is 0 Å². The number of carboxylic acid groups (broad SMARTS) is 1. The van der Waals surface area contributed by atoms with Gasteiger partial charge in [0.15, 0.2) is 21.2 Å². The Kier molecular flexibility index (Phi) is 4.39. The monoisotopic (exact) mass is 450 g/mol. The maximum Gasteiger partial charge on any atom is 0.417 e. The molecule has 2 aromatic carbocycles. The third-order valence-corrected chi connectivity index (χ3v) is 4.38. The Morgan fingerprint density at radius 3 is 2.04 bits per heavy atom. The molecule has 0 heterocycles. The highest BCUT2D eigenvalue weighted by molar-refractivity contribution is 14.1. The molecule has 0 aromatic heterocycles. The number of halogens is 7. The van der Waals surface area contributed by atoms with Crippen molar-refractivity contribution in [2.75, 3.05) is 0 Å². The van der Waals surface area contributed by atoms with Crippen LogP contribution < -0.4 is 0 Å². The first-order chi connectivity index (χ1) is 10.5. The molecular formula is C13H5F6IO3. The second-order valence-electron chi connectivity index (χ2n) is 4.42. The maximum atomic E-state index is 13.1. The van der Waals surface area contributed by atoms with Gasteiger partial charge < -0.3 is 5.11 Å². The molecule has 0 aliphatic carbocycles. The van der Waals surface area contributed by atoms with Crippen molar-refractivity contribution in [3.05, 3.63) is 44.5 Å². The first-order valence-corrected chi connectivity index (χ1v) is 7.68. The van der Waals surface area contributed by atoms with Gasteiger partial charge in [0.25, 0.3) is 0 Å². The molecular weight excluding hydrogens is 445 g/mol. The lowest BCUT2D eigenvalue weighted by molar-refractivity contribution is -0.161. The van der Waals surface area contributed by atoms with Crippen molar-refractivity contribution in [2.45, 2.75) is 12.4 Å². The van der Waals surface area contributed by atoms with Crippen LogP contribution in [0.2, 0.25) is 0 Å². The predicted octanol–water partition coefficient (Wildman–Crippen LogP) is 5.06. The zero-order valence-electron chi connectivity index (χ0n) is 10.7. The molecule has 124 valence electrons. The molecule has 0 aliphatic heterocycles. The van der Waals surface area contributed by atoms with Crippen LogP contribution in [0.5, 0.6) is 0 Å². The molecule has 0 saturated carbocycles. The number of aromatic carboxylic acids is 1. The van der Waals surface area contributed by atoms with E-state index >= 15 is 0 Å². The Bertz CT molecular complexity index is 810. The second-order valence-corrected chi connectivity index (χ2v) is 6.02. The summed E-state index contributed by atoms with van der Waals surface area (Å²) >= 11 is -2.19. The molecule has 0 amide bonds. The van der Waals surface area contributed by atoms with Crippen LogP contribution in [0.25, 0.3) is 10.8 Å². The van der Waals surface area contributed by atoms with E-state index in [2.05, 4.69) is 0 Å². The SMILES string of the molecule is O=Ic1cc2c(C(F)(F)F)c(C(F)(F)F)ccc2cc1C(=O)O. The van der Waals surface area contributed by atoms with Crippen LogP contribution in [-0.2, 0) is 15.4 Å². The van der Waals surface area contributed by atoms with Crippen molar-refractivity contribution in [3.8, 4) is 0 Å². The molecule has 10 heteroatoms. The van der Waals surface area contributed by atoms with Crippen LogP contribution in [0, 0.1) is 3.57 Å². The van der Waals surface area contributed by atoms with E-state index in [4.69, 9.17) is 5.11 Å². The summed E-state index contributed by atoms with van der Waals surface area (Å²) < 4.78 is 88.6. The van der Waals surface area contributed by atoms with Crippen molar-refractivity contribution in [1.29, 1.82) is 0 Å². The third-order valence-electron chi connectivity index (χ3n) is 3.01. The molecule has 3 nitrogen and oxygen atoms in total. The molecule has 1 N–H and O–H groups in total. The molecule has 2 aromatic rings. The van der Waals surface area contributed by atoms with E-state index < -0.39 is 65.2 Å². The quantitative estimate of drug-likeness (QED) is 0.514. The zero-order chi connectivity index (χ0) is 17.6. The third kappa shape index (κ3) is 3.31. The summed E-state index contributed by atoms with van der Waals surface area (Å²) in [6, 6.07) is 2.41. The van der Waals surface area contributed by atoms with Gasteiger partial charge in [0.1, 0.15) is 0 Å². The summed E-state index contributed by atoms with van der Waals surface area (Å²) in [6.45, 7) is 0. The molecule has 0 unspecified atom stereocenters. The van der Waals surface area contributed by atoms with E-state index in [9.17, 15) is 34.2 Å². The number of fused-ring (bicyclic) bond motifs is 1. The molecule has 2 rings (SSSR count). The summed E-state index contributed by atoms with van der Waals surface area (Å²) in [7, 11) is 0.